The molecule has 3 aromatic heterocycles. The molecule has 0 aliphatic heterocycles. The molecular weight excluding hydrogens is 316 g/mol. The van der Waals surface area contributed by atoms with Crippen LogP contribution in [0.1, 0.15) is 25.2 Å². The second-order valence-corrected chi connectivity index (χ2v) is 5.83. The van der Waals surface area contributed by atoms with Gasteiger partial charge in [-0.2, -0.15) is 10.1 Å². The van der Waals surface area contributed by atoms with Crippen LogP contribution in [0.15, 0.2) is 18.5 Å². The summed E-state index contributed by atoms with van der Waals surface area (Å²) < 4.78 is 3.58. The molecule has 0 aliphatic carbocycles. The SMILES string of the molecule is CCc1cc(C)n(-c2c(Cl)nc3nccn3c2NC(C)CO)n1. The van der Waals surface area contributed by atoms with Crippen LogP contribution in [0.4, 0.5) is 5.82 Å². The molecule has 0 bridgehead atoms. The molecule has 122 valence electrons. The quantitative estimate of drug-likeness (QED) is 0.699. The second-order valence-electron chi connectivity index (χ2n) is 5.47. The molecule has 0 saturated carbocycles. The van der Waals surface area contributed by atoms with Crippen molar-refractivity contribution in [3.05, 3.63) is 35.0 Å². The Morgan fingerprint density at radius 1 is 1.43 bits per heavy atom. The van der Waals surface area contributed by atoms with E-state index >= 15 is 0 Å². The summed E-state index contributed by atoms with van der Waals surface area (Å²) >= 11 is 6.42. The Balaban J connectivity index is 2.27. The van der Waals surface area contributed by atoms with Crippen molar-refractivity contribution in [3.8, 4) is 5.69 Å². The van der Waals surface area contributed by atoms with Crippen LogP contribution in [0.2, 0.25) is 5.15 Å². The number of aromatic nitrogens is 5. The lowest BCUT2D eigenvalue weighted by Gasteiger charge is -2.19. The minimum atomic E-state index is -0.153. The first-order chi connectivity index (χ1) is 11.0. The maximum Gasteiger partial charge on any atom is 0.236 e. The largest absolute Gasteiger partial charge is 0.394 e. The summed E-state index contributed by atoms with van der Waals surface area (Å²) in [7, 11) is 0. The third-order valence-corrected chi connectivity index (χ3v) is 3.91. The van der Waals surface area contributed by atoms with Crippen LogP contribution >= 0.6 is 11.6 Å². The summed E-state index contributed by atoms with van der Waals surface area (Å²) in [5.74, 6) is 1.19. The summed E-state index contributed by atoms with van der Waals surface area (Å²) in [6, 6.07) is 1.87. The van der Waals surface area contributed by atoms with Crippen LogP contribution in [-0.4, -0.2) is 41.9 Å². The normalized spacial score (nSPS) is 12.7. The molecule has 0 aromatic carbocycles. The Hall–Kier alpha value is -2.12. The van der Waals surface area contributed by atoms with Crippen LogP contribution in [0.5, 0.6) is 0 Å². The minimum absolute atomic E-state index is 0.00608. The van der Waals surface area contributed by atoms with E-state index < -0.39 is 0 Å². The van der Waals surface area contributed by atoms with Crippen molar-refractivity contribution in [1.29, 1.82) is 0 Å². The first-order valence-corrected chi connectivity index (χ1v) is 7.88. The lowest BCUT2D eigenvalue weighted by atomic mass is 10.3. The van der Waals surface area contributed by atoms with Crippen molar-refractivity contribution in [2.75, 3.05) is 11.9 Å². The van der Waals surface area contributed by atoms with Crippen LogP contribution in [0.3, 0.4) is 0 Å². The van der Waals surface area contributed by atoms with Gasteiger partial charge in [0.25, 0.3) is 0 Å². The average molecular weight is 335 g/mol. The Bertz CT molecular complexity index is 840. The van der Waals surface area contributed by atoms with Gasteiger partial charge in [0.15, 0.2) is 5.15 Å². The predicted octanol–water partition coefficient (Wildman–Crippen LogP) is 2.23. The molecule has 3 rings (SSSR count). The van der Waals surface area contributed by atoms with Crippen molar-refractivity contribution in [2.24, 2.45) is 0 Å². The van der Waals surface area contributed by atoms with E-state index in [9.17, 15) is 5.11 Å². The number of nitrogens with zero attached hydrogens (tertiary/aromatic N) is 5. The number of aliphatic hydroxyl groups excluding tert-OH is 1. The molecule has 0 saturated heterocycles. The molecule has 0 aliphatic rings. The fraction of sp³-hybridized carbons (Fsp3) is 0.400. The molecule has 1 unspecified atom stereocenters. The van der Waals surface area contributed by atoms with Gasteiger partial charge in [0.2, 0.25) is 5.78 Å². The number of halogens is 1. The van der Waals surface area contributed by atoms with E-state index in [1.807, 2.05) is 19.9 Å². The highest BCUT2D eigenvalue weighted by Gasteiger charge is 2.20. The molecule has 1 atom stereocenters. The maximum atomic E-state index is 9.39. The van der Waals surface area contributed by atoms with E-state index in [1.165, 1.54) is 0 Å². The zero-order valence-electron chi connectivity index (χ0n) is 13.3. The van der Waals surface area contributed by atoms with Gasteiger partial charge in [-0.25, -0.2) is 9.67 Å². The van der Waals surface area contributed by atoms with Gasteiger partial charge >= 0.3 is 0 Å². The molecule has 3 aromatic rings. The predicted molar refractivity (Wildman–Crippen MR) is 89.4 cm³/mol. The number of rotatable bonds is 5. The van der Waals surface area contributed by atoms with Crippen LogP contribution in [-0.2, 0) is 6.42 Å². The second kappa shape index (κ2) is 6.17. The van der Waals surface area contributed by atoms with Gasteiger partial charge < -0.3 is 10.4 Å². The highest BCUT2D eigenvalue weighted by atomic mass is 35.5. The molecule has 8 heteroatoms. The van der Waals surface area contributed by atoms with Crippen molar-refractivity contribution >= 4 is 23.2 Å². The van der Waals surface area contributed by atoms with E-state index in [0.29, 0.717) is 22.4 Å². The zero-order chi connectivity index (χ0) is 16.6. The first kappa shape index (κ1) is 15.8. The molecular formula is C15H19ClN6O. The molecule has 0 fully saturated rings. The number of anilines is 1. The number of imidazole rings is 1. The Kier molecular flexibility index (Phi) is 4.23. The standard InChI is InChI=1S/C15H19ClN6O/c1-4-11-7-10(3)22(20-11)12-13(16)19-15-17-5-6-21(15)14(12)18-9(2)8-23/h5-7,9,18,23H,4,8H2,1-3H3. The van der Waals surface area contributed by atoms with Crippen molar-refractivity contribution in [3.63, 3.8) is 0 Å². The van der Waals surface area contributed by atoms with Gasteiger partial charge in [-0.05, 0) is 26.3 Å². The molecule has 3 heterocycles. The summed E-state index contributed by atoms with van der Waals surface area (Å²) in [6.07, 6.45) is 4.29. The Labute approximate surface area is 138 Å². The fourth-order valence-corrected chi connectivity index (χ4v) is 2.69. The monoisotopic (exact) mass is 334 g/mol. The van der Waals surface area contributed by atoms with E-state index in [1.54, 1.807) is 21.5 Å². The summed E-state index contributed by atoms with van der Waals surface area (Å²) in [6.45, 7) is 5.90. The van der Waals surface area contributed by atoms with Gasteiger partial charge in [0.1, 0.15) is 11.5 Å². The van der Waals surface area contributed by atoms with Gasteiger partial charge in [-0.1, -0.05) is 18.5 Å². The third kappa shape index (κ3) is 2.77. The molecule has 0 amide bonds. The average Bonchev–Trinajstić information content (AvgIpc) is 3.13. The van der Waals surface area contributed by atoms with Crippen LogP contribution in [0.25, 0.3) is 11.5 Å². The van der Waals surface area contributed by atoms with Crippen molar-refractivity contribution in [1.82, 2.24) is 24.1 Å². The van der Waals surface area contributed by atoms with E-state index in [0.717, 1.165) is 17.8 Å². The first-order valence-electron chi connectivity index (χ1n) is 7.51. The topological polar surface area (TPSA) is 80.3 Å². The molecule has 2 N–H and O–H groups in total. The minimum Gasteiger partial charge on any atom is -0.394 e. The van der Waals surface area contributed by atoms with E-state index in [4.69, 9.17) is 11.6 Å². The van der Waals surface area contributed by atoms with Gasteiger partial charge in [0.05, 0.1) is 12.3 Å². The molecule has 0 radical (unpaired) electrons. The van der Waals surface area contributed by atoms with E-state index in [-0.39, 0.29) is 12.6 Å². The summed E-state index contributed by atoms with van der Waals surface area (Å²) in [4.78, 5) is 8.52. The summed E-state index contributed by atoms with van der Waals surface area (Å²) in [5, 5.41) is 17.6. The van der Waals surface area contributed by atoms with Gasteiger partial charge in [-0.3, -0.25) is 4.40 Å². The molecule has 7 nitrogen and oxygen atoms in total. The fourth-order valence-electron chi connectivity index (χ4n) is 2.45. The number of aliphatic hydroxyl groups is 1. The Morgan fingerprint density at radius 2 is 2.22 bits per heavy atom. The van der Waals surface area contributed by atoms with Crippen LogP contribution < -0.4 is 5.32 Å². The number of hydrogen-bond donors (Lipinski definition) is 2. The maximum absolute atomic E-state index is 9.39. The van der Waals surface area contributed by atoms with Crippen LogP contribution in [0, 0.1) is 6.92 Å². The van der Waals surface area contributed by atoms with Crippen molar-refractivity contribution < 1.29 is 5.11 Å². The summed E-state index contributed by atoms with van der Waals surface area (Å²) in [5.41, 5.74) is 2.59. The smallest absolute Gasteiger partial charge is 0.236 e. The van der Waals surface area contributed by atoms with Gasteiger partial charge in [0, 0.05) is 24.1 Å². The van der Waals surface area contributed by atoms with E-state index in [2.05, 4.69) is 27.3 Å². The number of nitrogens with one attached hydrogen (secondary N) is 1. The van der Waals surface area contributed by atoms with Gasteiger partial charge in [-0.15, -0.1) is 0 Å². The highest BCUT2D eigenvalue weighted by molar-refractivity contribution is 6.31. The Morgan fingerprint density at radius 3 is 2.87 bits per heavy atom. The number of hydrogen-bond acceptors (Lipinski definition) is 5. The molecule has 0 spiro atoms. The number of fused-ring (bicyclic) bond motifs is 1. The van der Waals surface area contributed by atoms with Crippen molar-refractivity contribution in [2.45, 2.75) is 33.2 Å². The lowest BCUT2D eigenvalue weighted by Crippen LogP contribution is -2.23. The molecule has 23 heavy (non-hydrogen) atoms. The highest BCUT2D eigenvalue weighted by Crippen LogP contribution is 2.29. The third-order valence-electron chi connectivity index (χ3n) is 3.65. The lowest BCUT2D eigenvalue weighted by molar-refractivity contribution is 0.281. The number of aryl methyl sites for hydroxylation is 2. The zero-order valence-corrected chi connectivity index (χ0v) is 14.0.